The monoisotopic (exact) mass is 195 g/mol. The highest BCUT2D eigenvalue weighted by atomic mass is 16.5. The first-order valence-electron chi connectivity index (χ1n) is 4.20. The molecule has 0 aliphatic carbocycles. The van der Waals surface area contributed by atoms with E-state index in [0.29, 0.717) is 24.5 Å². The Labute approximate surface area is 82.8 Å². The van der Waals surface area contributed by atoms with Gasteiger partial charge in [-0.25, -0.2) is 0 Å². The summed E-state index contributed by atoms with van der Waals surface area (Å²) in [5, 5.41) is 2.57. The van der Waals surface area contributed by atoms with Crippen molar-refractivity contribution in [2.45, 2.75) is 6.54 Å². The Bertz CT molecular complexity index is 312. The van der Waals surface area contributed by atoms with Gasteiger partial charge in [0, 0.05) is 12.1 Å². The third kappa shape index (κ3) is 2.16. The molecule has 4 nitrogen and oxygen atoms in total. The molecule has 0 heterocycles. The highest BCUT2D eigenvalue weighted by molar-refractivity contribution is 5.50. The molecule has 0 bridgehead atoms. The molecule has 0 aliphatic rings. The second-order valence-corrected chi connectivity index (χ2v) is 2.65. The second kappa shape index (κ2) is 5.11. The fraction of sp³-hybridized carbons (Fsp3) is 0.300. The van der Waals surface area contributed by atoms with Gasteiger partial charge in [-0.15, -0.1) is 0 Å². The number of ether oxygens (including phenoxy) is 2. The van der Waals surface area contributed by atoms with Crippen molar-refractivity contribution in [3.63, 3.8) is 0 Å². The summed E-state index contributed by atoms with van der Waals surface area (Å²) in [6, 6.07) is 5.53. The van der Waals surface area contributed by atoms with Crippen LogP contribution in [0.4, 0.5) is 0 Å². The van der Waals surface area contributed by atoms with Crippen LogP contribution in [-0.4, -0.2) is 20.6 Å². The van der Waals surface area contributed by atoms with Gasteiger partial charge in [-0.1, -0.05) is 12.1 Å². The number of methoxy groups -OCH3 is 2. The van der Waals surface area contributed by atoms with Crippen molar-refractivity contribution in [2.24, 2.45) is 0 Å². The van der Waals surface area contributed by atoms with Crippen LogP contribution in [0.1, 0.15) is 5.56 Å². The lowest BCUT2D eigenvalue weighted by Gasteiger charge is -2.11. The summed E-state index contributed by atoms with van der Waals surface area (Å²) in [5.74, 6) is 1.32. The molecule has 76 valence electrons. The topological polar surface area (TPSA) is 47.6 Å². The third-order valence-electron chi connectivity index (χ3n) is 1.86. The lowest BCUT2D eigenvalue weighted by atomic mass is 10.2. The highest BCUT2D eigenvalue weighted by Crippen LogP contribution is 2.30. The maximum Gasteiger partial charge on any atom is 0.207 e. The molecule has 4 heteroatoms. The second-order valence-electron chi connectivity index (χ2n) is 2.65. The van der Waals surface area contributed by atoms with E-state index in [0.717, 1.165) is 5.56 Å². The summed E-state index contributed by atoms with van der Waals surface area (Å²) in [4.78, 5) is 10.1. The van der Waals surface area contributed by atoms with E-state index < -0.39 is 0 Å². The van der Waals surface area contributed by atoms with Crippen LogP contribution in [0, 0.1) is 0 Å². The maximum absolute atomic E-state index is 10.1. The van der Waals surface area contributed by atoms with Gasteiger partial charge in [0.15, 0.2) is 11.5 Å². The molecular weight excluding hydrogens is 182 g/mol. The van der Waals surface area contributed by atoms with Crippen LogP contribution in [-0.2, 0) is 11.3 Å². The molecule has 0 aliphatic heterocycles. The van der Waals surface area contributed by atoms with E-state index in [9.17, 15) is 4.79 Å². The number of hydrogen-bond donors (Lipinski definition) is 1. The summed E-state index contributed by atoms with van der Waals surface area (Å²) in [5.41, 5.74) is 0.888. The molecule has 1 N–H and O–H groups in total. The van der Waals surface area contributed by atoms with Crippen LogP contribution in [0.2, 0.25) is 0 Å². The van der Waals surface area contributed by atoms with Crippen LogP contribution in [0.3, 0.4) is 0 Å². The smallest absolute Gasteiger partial charge is 0.207 e. The first-order chi connectivity index (χ1) is 6.83. The molecule has 0 fully saturated rings. The van der Waals surface area contributed by atoms with E-state index >= 15 is 0 Å². The Morgan fingerprint density at radius 3 is 2.71 bits per heavy atom. The van der Waals surface area contributed by atoms with Crippen molar-refractivity contribution in [3.8, 4) is 11.5 Å². The van der Waals surface area contributed by atoms with Gasteiger partial charge in [0.05, 0.1) is 14.2 Å². The van der Waals surface area contributed by atoms with Crippen molar-refractivity contribution in [2.75, 3.05) is 14.2 Å². The molecule has 1 aromatic carbocycles. The standard InChI is InChI=1S/C10H13NO3/c1-13-9-5-3-4-8(6-11-7-12)10(9)14-2/h3-5,7H,6H2,1-2H3,(H,11,12). The van der Waals surface area contributed by atoms with Crippen molar-refractivity contribution in [1.82, 2.24) is 5.32 Å². The number of carbonyl (C=O) groups is 1. The molecular formula is C10H13NO3. The van der Waals surface area contributed by atoms with Crippen molar-refractivity contribution in [1.29, 1.82) is 0 Å². The van der Waals surface area contributed by atoms with Crippen LogP contribution < -0.4 is 14.8 Å². The molecule has 1 rings (SSSR count). The van der Waals surface area contributed by atoms with Crippen LogP contribution in [0.15, 0.2) is 18.2 Å². The SMILES string of the molecule is COc1cccc(CNC=O)c1OC. The van der Waals surface area contributed by atoms with Gasteiger partial charge < -0.3 is 14.8 Å². The van der Waals surface area contributed by atoms with Gasteiger partial charge >= 0.3 is 0 Å². The first kappa shape index (κ1) is 10.4. The van der Waals surface area contributed by atoms with E-state index in [4.69, 9.17) is 9.47 Å². The Kier molecular flexibility index (Phi) is 3.79. The van der Waals surface area contributed by atoms with Gasteiger partial charge in [-0.3, -0.25) is 4.79 Å². The minimum absolute atomic E-state index is 0.434. The first-order valence-corrected chi connectivity index (χ1v) is 4.20. The number of hydrogen-bond acceptors (Lipinski definition) is 3. The Hall–Kier alpha value is -1.71. The lowest BCUT2D eigenvalue weighted by molar-refractivity contribution is -0.109. The van der Waals surface area contributed by atoms with Crippen LogP contribution in [0.5, 0.6) is 11.5 Å². The van der Waals surface area contributed by atoms with Gasteiger partial charge in [-0.05, 0) is 6.07 Å². The van der Waals surface area contributed by atoms with E-state index in [1.165, 1.54) is 0 Å². The zero-order chi connectivity index (χ0) is 10.4. The normalized spacial score (nSPS) is 9.29. The number of nitrogens with one attached hydrogen (secondary N) is 1. The average molecular weight is 195 g/mol. The molecule has 0 saturated heterocycles. The number of para-hydroxylation sites is 1. The number of benzene rings is 1. The predicted molar refractivity (Wildman–Crippen MR) is 52.4 cm³/mol. The molecule has 14 heavy (non-hydrogen) atoms. The zero-order valence-electron chi connectivity index (χ0n) is 8.24. The Morgan fingerprint density at radius 2 is 2.14 bits per heavy atom. The molecule has 0 unspecified atom stereocenters. The van der Waals surface area contributed by atoms with Crippen LogP contribution in [0.25, 0.3) is 0 Å². The Balaban J connectivity index is 2.95. The largest absolute Gasteiger partial charge is 0.493 e. The summed E-state index contributed by atoms with van der Waals surface area (Å²) in [7, 11) is 3.15. The predicted octanol–water partition coefficient (Wildman–Crippen LogP) is 0.950. The number of amides is 1. The van der Waals surface area contributed by atoms with Crippen molar-refractivity contribution in [3.05, 3.63) is 23.8 Å². The zero-order valence-corrected chi connectivity index (χ0v) is 8.24. The molecule has 1 amide bonds. The molecule has 0 saturated carbocycles. The number of rotatable bonds is 5. The maximum atomic E-state index is 10.1. The average Bonchev–Trinajstić information content (AvgIpc) is 2.25. The molecule has 1 aromatic rings. The van der Waals surface area contributed by atoms with Crippen molar-refractivity contribution >= 4 is 6.41 Å². The third-order valence-corrected chi connectivity index (χ3v) is 1.86. The summed E-state index contributed by atoms with van der Waals surface area (Å²) >= 11 is 0. The summed E-state index contributed by atoms with van der Waals surface area (Å²) < 4.78 is 10.3. The van der Waals surface area contributed by atoms with E-state index in [1.807, 2.05) is 18.2 Å². The van der Waals surface area contributed by atoms with Gasteiger partial charge in [0.25, 0.3) is 0 Å². The lowest BCUT2D eigenvalue weighted by Crippen LogP contribution is -2.10. The molecule has 0 atom stereocenters. The highest BCUT2D eigenvalue weighted by Gasteiger charge is 2.07. The minimum Gasteiger partial charge on any atom is -0.493 e. The van der Waals surface area contributed by atoms with Gasteiger partial charge in [0.1, 0.15) is 0 Å². The fourth-order valence-electron chi connectivity index (χ4n) is 1.24. The minimum atomic E-state index is 0.434. The molecule has 0 spiro atoms. The quantitative estimate of drug-likeness (QED) is 0.711. The number of carbonyl (C=O) groups excluding carboxylic acids is 1. The van der Waals surface area contributed by atoms with Gasteiger partial charge in [-0.2, -0.15) is 0 Å². The van der Waals surface area contributed by atoms with E-state index in [-0.39, 0.29) is 0 Å². The summed E-state index contributed by atoms with van der Waals surface area (Å²) in [6.45, 7) is 0.434. The molecule has 0 aromatic heterocycles. The van der Waals surface area contributed by atoms with E-state index in [1.54, 1.807) is 14.2 Å². The Morgan fingerprint density at radius 1 is 1.36 bits per heavy atom. The van der Waals surface area contributed by atoms with Gasteiger partial charge in [0.2, 0.25) is 6.41 Å². The van der Waals surface area contributed by atoms with Crippen LogP contribution >= 0.6 is 0 Å². The van der Waals surface area contributed by atoms with Crippen molar-refractivity contribution < 1.29 is 14.3 Å². The fourth-order valence-corrected chi connectivity index (χ4v) is 1.24. The van der Waals surface area contributed by atoms with E-state index in [2.05, 4.69) is 5.32 Å². The summed E-state index contributed by atoms with van der Waals surface area (Å²) in [6.07, 6.45) is 0.652. The molecule has 0 radical (unpaired) electrons.